The largest absolute Gasteiger partial charge is 0.375 e. The van der Waals surface area contributed by atoms with Crippen LogP contribution in [-0.2, 0) is 4.74 Å². The minimum absolute atomic E-state index is 0.507. The molecule has 1 nitrogen and oxygen atoms in total. The van der Waals surface area contributed by atoms with Crippen molar-refractivity contribution in [2.75, 3.05) is 0 Å². The molecule has 0 aliphatic carbocycles. The van der Waals surface area contributed by atoms with Crippen LogP contribution < -0.4 is 0 Å². The Morgan fingerprint density at radius 1 is 0.667 bits per heavy atom. The third kappa shape index (κ3) is 8.97. The fourth-order valence-corrected chi connectivity index (χ4v) is 2.47. The monoisotopic (exact) mass is 256 g/mol. The lowest BCUT2D eigenvalue weighted by Gasteiger charge is -2.25. The maximum Gasteiger partial charge on any atom is 0.0578 e. The molecule has 0 saturated heterocycles. The predicted molar refractivity (Wildman–Crippen MR) is 82.1 cm³/mol. The van der Waals surface area contributed by atoms with E-state index >= 15 is 0 Å². The van der Waals surface area contributed by atoms with E-state index in [2.05, 4.69) is 34.6 Å². The van der Waals surface area contributed by atoms with Gasteiger partial charge in [-0.15, -0.1) is 0 Å². The van der Waals surface area contributed by atoms with E-state index in [1.807, 2.05) is 0 Å². The van der Waals surface area contributed by atoms with Gasteiger partial charge in [-0.25, -0.2) is 0 Å². The van der Waals surface area contributed by atoms with Gasteiger partial charge >= 0.3 is 0 Å². The van der Waals surface area contributed by atoms with Crippen LogP contribution in [0.25, 0.3) is 0 Å². The topological polar surface area (TPSA) is 9.23 Å². The summed E-state index contributed by atoms with van der Waals surface area (Å²) in [5.74, 6) is 0.851. The average molecular weight is 256 g/mol. The summed E-state index contributed by atoms with van der Waals surface area (Å²) in [5, 5.41) is 0. The van der Waals surface area contributed by atoms with Gasteiger partial charge in [-0.05, 0) is 38.0 Å². The van der Waals surface area contributed by atoms with Crippen LogP contribution >= 0.6 is 0 Å². The highest BCUT2D eigenvalue weighted by atomic mass is 16.5. The van der Waals surface area contributed by atoms with E-state index in [0.717, 1.165) is 5.92 Å². The van der Waals surface area contributed by atoms with Gasteiger partial charge in [-0.1, -0.05) is 60.3 Å². The Labute approximate surface area is 116 Å². The standard InChI is InChI=1S/C17H36O/c1-6-10-16(11-7-2)18-17(12-8-3)14-13-15(5)9-4/h15-17H,6-14H2,1-5H3. The molecule has 0 rings (SSSR count). The predicted octanol–water partition coefficient (Wildman–Crippen LogP) is 5.97. The smallest absolute Gasteiger partial charge is 0.0578 e. The molecular weight excluding hydrogens is 220 g/mol. The molecule has 0 fully saturated rings. The van der Waals surface area contributed by atoms with Crippen molar-refractivity contribution in [3.63, 3.8) is 0 Å². The van der Waals surface area contributed by atoms with Crippen LogP contribution in [-0.4, -0.2) is 12.2 Å². The van der Waals surface area contributed by atoms with Crippen molar-refractivity contribution in [1.29, 1.82) is 0 Å². The summed E-state index contributed by atoms with van der Waals surface area (Å²) in [5.41, 5.74) is 0. The van der Waals surface area contributed by atoms with Crippen molar-refractivity contribution in [2.24, 2.45) is 5.92 Å². The summed E-state index contributed by atoms with van der Waals surface area (Å²) in [6, 6.07) is 0. The first-order valence-electron chi connectivity index (χ1n) is 8.33. The van der Waals surface area contributed by atoms with E-state index in [0.29, 0.717) is 12.2 Å². The normalized spacial score (nSPS) is 15.0. The van der Waals surface area contributed by atoms with Crippen molar-refractivity contribution in [3.8, 4) is 0 Å². The second kappa shape index (κ2) is 12.0. The quantitative estimate of drug-likeness (QED) is 0.418. The molecule has 0 radical (unpaired) electrons. The average Bonchev–Trinajstić information content (AvgIpc) is 2.36. The highest BCUT2D eigenvalue weighted by Gasteiger charge is 2.15. The van der Waals surface area contributed by atoms with Crippen molar-refractivity contribution in [3.05, 3.63) is 0 Å². The van der Waals surface area contributed by atoms with E-state index in [1.165, 1.54) is 57.8 Å². The van der Waals surface area contributed by atoms with E-state index in [9.17, 15) is 0 Å². The first kappa shape index (κ1) is 18.0. The molecular formula is C17H36O. The van der Waals surface area contributed by atoms with Crippen molar-refractivity contribution < 1.29 is 4.74 Å². The van der Waals surface area contributed by atoms with Crippen LogP contribution in [0, 0.1) is 5.92 Å². The molecule has 110 valence electrons. The second-order valence-corrected chi connectivity index (χ2v) is 5.84. The summed E-state index contributed by atoms with van der Waals surface area (Å²) < 4.78 is 6.37. The SMILES string of the molecule is CCCC(CCC)OC(CCC)CCC(C)CC. The Kier molecular flexibility index (Phi) is 12.0. The van der Waals surface area contributed by atoms with Crippen LogP contribution in [0.2, 0.25) is 0 Å². The lowest BCUT2D eigenvalue weighted by atomic mass is 9.98. The Balaban J connectivity index is 4.11. The Morgan fingerprint density at radius 2 is 1.11 bits per heavy atom. The summed E-state index contributed by atoms with van der Waals surface area (Å²) in [7, 11) is 0. The zero-order valence-electron chi connectivity index (χ0n) is 13.5. The summed E-state index contributed by atoms with van der Waals surface area (Å²) in [4.78, 5) is 0. The fraction of sp³-hybridized carbons (Fsp3) is 1.00. The van der Waals surface area contributed by atoms with Gasteiger partial charge < -0.3 is 4.74 Å². The van der Waals surface area contributed by atoms with Gasteiger partial charge in [0.2, 0.25) is 0 Å². The van der Waals surface area contributed by atoms with Crippen LogP contribution in [0.3, 0.4) is 0 Å². The molecule has 0 aromatic carbocycles. The molecule has 0 amide bonds. The highest BCUT2D eigenvalue weighted by molar-refractivity contribution is 4.65. The zero-order chi connectivity index (χ0) is 13.8. The number of hydrogen-bond donors (Lipinski definition) is 0. The molecule has 2 unspecified atom stereocenters. The molecule has 0 aromatic rings. The summed E-state index contributed by atoms with van der Waals surface area (Å²) in [6.07, 6.45) is 12.3. The van der Waals surface area contributed by atoms with Crippen molar-refractivity contribution in [2.45, 2.75) is 105 Å². The molecule has 0 N–H and O–H groups in total. The van der Waals surface area contributed by atoms with Gasteiger partial charge in [-0.2, -0.15) is 0 Å². The minimum Gasteiger partial charge on any atom is -0.375 e. The molecule has 0 aliphatic heterocycles. The maximum absolute atomic E-state index is 6.37. The first-order chi connectivity index (χ1) is 8.67. The maximum atomic E-state index is 6.37. The second-order valence-electron chi connectivity index (χ2n) is 5.84. The minimum atomic E-state index is 0.507. The molecule has 0 bridgehead atoms. The van der Waals surface area contributed by atoms with Crippen LogP contribution in [0.4, 0.5) is 0 Å². The lowest BCUT2D eigenvalue weighted by molar-refractivity contribution is -0.0314. The van der Waals surface area contributed by atoms with Gasteiger partial charge in [0.15, 0.2) is 0 Å². The van der Waals surface area contributed by atoms with Crippen molar-refractivity contribution >= 4 is 0 Å². The number of hydrogen-bond acceptors (Lipinski definition) is 1. The molecule has 0 heterocycles. The molecule has 0 saturated carbocycles. The van der Waals surface area contributed by atoms with E-state index in [-0.39, 0.29) is 0 Å². The third-order valence-electron chi connectivity index (χ3n) is 3.90. The molecule has 0 spiro atoms. The Morgan fingerprint density at radius 3 is 1.50 bits per heavy atom. The fourth-order valence-electron chi connectivity index (χ4n) is 2.47. The molecule has 2 atom stereocenters. The van der Waals surface area contributed by atoms with Crippen molar-refractivity contribution in [1.82, 2.24) is 0 Å². The number of ether oxygens (including phenoxy) is 1. The molecule has 0 aromatic heterocycles. The molecule has 18 heavy (non-hydrogen) atoms. The highest BCUT2D eigenvalue weighted by Crippen LogP contribution is 2.20. The van der Waals surface area contributed by atoms with Crippen LogP contribution in [0.1, 0.15) is 92.4 Å². The molecule has 0 aliphatic rings. The van der Waals surface area contributed by atoms with Gasteiger partial charge in [-0.3, -0.25) is 0 Å². The van der Waals surface area contributed by atoms with Gasteiger partial charge in [0.1, 0.15) is 0 Å². The van der Waals surface area contributed by atoms with Gasteiger partial charge in [0, 0.05) is 0 Å². The third-order valence-corrected chi connectivity index (χ3v) is 3.90. The lowest BCUT2D eigenvalue weighted by Crippen LogP contribution is -2.23. The van der Waals surface area contributed by atoms with E-state index < -0.39 is 0 Å². The van der Waals surface area contributed by atoms with Gasteiger partial charge in [0.25, 0.3) is 0 Å². The number of rotatable bonds is 12. The van der Waals surface area contributed by atoms with Crippen LogP contribution in [0.15, 0.2) is 0 Å². The zero-order valence-corrected chi connectivity index (χ0v) is 13.5. The first-order valence-corrected chi connectivity index (χ1v) is 8.33. The summed E-state index contributed by atoms with van der Waals surface area (Å²) >= 11 is 0. The van der Waals surface area contributed by atoms with E-state index in [4.69, 9.17) is 4.74 Å². The summed E-state index contributed by atoms with van der Waals surface area (Å²) in [6.45, 7) is 11.4. The Hall–Kier alpha value is -0.0400. The molecule has 1 heteroatoms. The van der Waals surface area contributed by atoms with E-state index in [1.54, 1.807) is 0 Å². The van der Waals surface area contributed by atoms with Gasteiger partial charge in [0.05, 0.1) is 12.2 Å². The Bertz CT molecular complexity index is 161. The van der Waals surface area contributed by atoms with Crippen LogP contribution in [0.5, 0.6) is 0 Å².